The van der Waals surface area contributed by atoms with Crippen LogP contribution in [0.25, 0.3) is 11.3 Å². The van der Waals surface area contributed by atoms with Gasteiger partial charge in [-0.3, -0.25) is 10.1 Å². The number of halogens is 1. The lowest BCUT2D eigenvalue weighted by molar-refractivity contribution is 0.0996. The molecule has 3 aromatic rings. The molecule has 3 rings (SSSR count). The zero-order valence-corrected chi connectivity index (χ0v) is 13.9. The SMILES string of the molecule is COc1ccc(-c2csc(NC(=O)c3ccco3)n2)cc1Br. The molecule has 0 unspecified atom stereocenters. The zero-order chi connectivity index (χ0) is 15.5. The molecule has 0 aliphatic rings. The molecule has 2 heterocycles. The number of benzene rings is 1. The van der Waals surface area contributed by atoms with Crippen LogP contribution in [0, 0.1) is 0 Å². The van der Waals surface area contributed by atoms with E-state index >= 15 is 0 Å². The first kappa shape index (κ1) is 14.8. The summed E-state index contributed by atoms with van der Waals surface area (Å²) in [6.07, 6.45) is 1.46. The largest absolute Gasteiger partial charge is 0.496 e. The van der Waals surface area contributed by atoms with E-state index in [1.807, 2.05) is 23.6 Å². The van der Waals surface area contributed by atoms with Crippen molar-refractivity contribution < 1.29 is 13.9 Å². The first-order chi connectivity index (χ1) is 10.7. The summed E-state index contributed by atoms with van der Waals surface area (Å²) in [6, 6.07) is 8.96. The molecule has 0 aliphatic carbocycles. The minimum Gasteiger partial charge on any atom is -0.496 e. The number of thiazole rings is 1. The van der Waals surface area contributed by atoms with Crippen LogP contribution in [0.3, 0.4) is 0 Å². The van der Waals surface area contributed by atoms with Crippen molar-refractivity contribution in [3.05, 3.63) is 52.2 Å². The predicted molar refractivity (Wildman–Crippen MR) is 88.5 cm³/mol. The second-order valence-corrected chi connectivity index (χ2v) is 6.03. The van der Waals surface area contributed by atoms with E-state index in [0.29, 0.717) is 5.13 Å². The summed E-state index contributed by atoms with van der Waals surface area (Å²) >= 11 is 4.80. The monoisotopic (exact) mass is 378 g/mol. The van der Waals surface area contributed by atoms with E-state index in [0.717, 1.165) is 21.5 Å². The van der Waals surface area contributed by atoms with E-state index < -0.39 is 0 Å². The number of aromatic nitrogens is 1. The standard InChI is InChI=1S/C15H11BrN2O3S/c1-20-12-5-4-9(7-10(12)16)11-8-22-15(17-11)18-14(19)13-3-2-6-21-13/h2-8H,1H3,(H,17,18,19). The van der Waals surface area contributed by atoms with Crippen molar-refractivity contribution in [3.8, 4) is 17.0 Å². The van der Waals surface area contributed by atoms with Crippen LogP contribution in [0.5, 0.6) is 5.75 Å². The summed E-state index contributed by atoms with van der Waals surface area (Å²) in [7, 11) is 1.62. The number of amides is 1. The molecule has 0 atom stereocenters. The topological polar surface area (TPSA) is 64.4 Å². The van der Waals surface area contributed by atoms with Gasteiger partial charge in [0.2, 0.25) is 0 Å². The highest BCUT2D eigenvalue weighted by atomic mass is 79.9. The number of nitrogens with one attached hydrogen (secondary N) is 1. The van der Waals surface area contributed by atoms with Crippen molar-refractivity contribution in [2.75, 3.05) is 12.4 Å². The number of furan rings is 1. The highest BCUT2D eigenvalue weighted by Gasteiger charge is 2.12. The van der Waals surface area contributed by atoms with Crippen molar-refractivity contribution in [1.82, 2.24) is 4.98 Å². The molecule has 2 aromatic heterocycles. The first-order valence-corrected chi connectivity index (χ1v) is 7.99. The molecule has 0 spiro atoms. The van der Waals surface area contributed by atoms with Crippen LogP contribution in [0.1, 0.15) is 10.6 Å². The van der Waals surface area contributed by atoms with Gasteiger partial charge in [-0.2, -0.15) is 0 Å². The van der Waals surface area contributed by atoms with E-state index in [4.69, 9.17) is 9.15 Å². The first-order valence-electron chi connectivity index (χ1n) is 6.31. The maximum atomic E-state index is 11.9. The Bertz CT molecular complexity index is 799. The summed E-state index contributed by atoms with van der Waals surface area (Å²) in [4.78, 5) is 16.3. The number of rotatable bonds is 4. The Hall–Kier alpha value is -2.12. The molecule has 0 aliphatic heterocycles. The summed E-state index contributed by atoms with van der Waals surface area (Å²) in [5.74, 6) is 0.691. The van der Waals surface area contributed by atoms with Gasteiger partial charge in [0, 0.05) is 10.9 Å². The lowest BCUT2D eigenvalue weighted by Crippen LogP contribution is -2.10. The predicted octanol–water partition coefficient (Wildman–Crippen LogP) is 4.43. The van der Waals surface area contributed by atoms with Gasteiger partial charge in [0.1, 0.15) is 5.75 Å². The van der Waals surface area contributed by atoms with Crippen LogP contribution >= 0.6 is 27.3 Å². The molecule has 0 saturated heterocycles. The summed E-state index contributed by atoms with van der Waals surface area (Å²) in [5.41, 5.74) is 1.71. The van der Waals surface area contributed by atoms with Gasteiger partial charge in [0.05, 0.1) is 23.5 Å². The third kappa shape index (κ3) is 3.05. The van der Waals surface area contributed by atoms with Gasteiger partial charge in [0.25, 0.3) is 5.91 Å². The molecule has 0 saturated carbocycles. The molecule has 22 heavy (non-hydrogen) atoms. The third-order valence-corrected chi connectivity index (χ3v) is 4.29. The van der Waals surface area contributed by atoms with Crippen molar-refractivity contribution in [3.63, 3.8) is 0 Å². The van der Waals surface area contributed by atoms with E-state index in [2.05, 4.69) is 26.2 Å². The minimum absolute atomic E-state index is 0.254. The fourth-order valence-corrected chi connectivity index (χ4v) is 3.11. The molecule has 1 N–H and O–H groups in total. The van der Waals surface area contributed by atoms with Crippen molar-refractivity contribution >= 4 is 38.3 Å². The second kappa shape index (κ2) is 6.33. The third-order valence-electron chi connectivity index (χ3n) is 2.92. The molecule has 0 fully saturated rings. The molecule has 0 radical (unpaired) electrons. The Morgan fingerprint density at radius 1 is 1.41 bits per heavy atom. The summed E-state index contributed by atoms with van der Waals surface area (Å²) in [5, 5.41) is 5.11. The molecule has 7 heteroatoms. The Morgan fingerprint density at radius 2 is 2.27 bits per heavy atom. The normalized spacial score (nSPS) is 10.5. The van der Waals surface area contributed by atoms with E-state index in [-0.39, 0.29) is 11.7 Å². The number of carbonyl (C=O) groups excluding carboxylic acids is 1. The van der Waals surface area contributed by atoms with Crippen LogP contribution in [0.4, 0.5) is 5.13 Å². The Labute approximate surface area is 139 Å². The van der Waals surface area contributed by atoms with Crippen molar-refractivity contribution in [1.29, 1.82) is 0 Å². The van der Waals surface area contributed by atoms with E-state index in [1.165, 1.54) is 17.6 Å². The van der Waals surface area contributed by atoms with Crippen LogP contribution in [-0.4, -0.2) is 18.0 Å². The van der Waals surface area contributed by atoms with E-state index in [1.54, 1.807) is 19.2 Å². The average Bonchev–Trinajstić information content (AvgIpc) is 3.18. The van der Waals surface area contributed by atoms with Crippen molar-refractivity contribution in [2.45, 2.75) is 0 Å². The molecule has 0 bridgehead atoms. The Morgan fingerprint density at radius 3 is 2.95 bits per heavy atom. The maximum Gasteiger partial charge on any atom is 0.293 e. The van der Waals surface area contributed by atoms with Crippen LogP contribution in [0.15, 0.2) is 50.9 Å². The second-order valence-electron chi connectivity index (χ2n) is 4.32. The maximum absolute atomic E-state index is 11.9. The number of hydrogen-bond donors (Lipinski definition) is 1. The van der Waals surface area contributed by atoms with Gasteiger partial charge in [-0.25, -0.2) is 4.98 Å². The molecule has 1 amide bonds. The van der Waals surface area contributed by atoms with Crippen LogP contribution in [-0.2, 0) is 0 Å². The van der Waals surface area contributed by atoms with Gasteiger partial charge < -0.3 is 9.15 Å². The van der Waals surface area contributed by atoms with E-state index in [9.17, 15) is 4.79 Å². The molecular weight excluding hydrogens is 368 g/mol. The van der Waals surface area contributed by atoms with Crippen LogP contribution in [0.2, 0.25) is 0 Å². The number of methoxy groups -OCH3 is 1. The number of hydrogen-bond acceptors (Lipinski definition) is 5. The summed E-state index contributed by atoms with van der Waals surface area (Å²) in [6.45, 7) is 0. The highest BCUT2D eigenvalue weighted by Crippen LogP contribution is 2.32. The molecule has 5 nitrogen and oxygen atoms in total. The van der Waals surface area contributed by atoms with Crippen LogP contribution < -0.4 is 10.1 Å². The number of carbonyl (C=O) groups is 1. The van der Waals surface area contributed by atoms with Crippen molar-refractivity contribution in [2.24, 2.45) is 0 Å². The quantitative estimate of drug-likeness (QED) is 0.729. The lowest BCUT2D eigenvalue weighted by atomic mass is 10.2. The lowest BCUT2D eigenvalue weighted by Gasteiger charge is -2.04. The highest BCUT2D eigenvalue weighted by molar-refractivity contribution is 9.10. The zero-order valence-electron chi connectivity index (χ0n) is 11.5. The molecular formula is C15H11BrN2O3S. The van der Waals surface area contributed by atoms with Gasteiger partial charge in [-0.05, 0) is 46.3 Å². The smallest absolute Gasteiger partial charge is 0.293 e. The van der Waals surface area contributed by atoms with Gasteiger partial charge in [0.15, 0.2) is 10.9 Å². The fourth-order valence-electron chi connectivity index (χ4n) is 1.86. The Kier molecular flexibility index (Phi) is 4.26. The average molecular weight is 379 g/mol. The molecule has 112 valence electrons. The molecule has 1 aromatic carbocycles. The van der Waals surface area contributed by atoms with Gasteiger partial charge in [-0.1, -0.05) is 0 Å². The Balaban J connectivity index is 1.79. The minimum atomic E-state index is -0.318. The number of anilines is 1. The number of nitrogens with zero attached hydrogens (tertiary/aromatic N) is 1. The van der Waals surface area contributed by atoms with Gasteiger partial charge >= 0.3 is 0 Å². The summed E-state index contributed by atoms with van der Waals surface area (Å²) < 4.78 is 11.1. The number of ether oxygens (including phenoxy) is 1. The fraction of sp³-hybridized carbons (Fsp3) is 0.0667. The van der Waals surface area contributed by atoms with Gasteiger partial charge in [-0.15, -0.1) is 11.3 Å².